The van der Waals surface area contributed by atoms with Gasteiger partial charge >= 0.3 is 0 Å². The van der Waals surface area contributed by atoms with Crippen molar-refractivity contribution in [2.24, 2.45) is 5.92 Å². The molecule has 1 heterocycles. The van der Waals surface area contributed by atoms with Crippen LogP contribution in [0.4, 0.5) is 0 Å². The molecule has 0 aromatic carbocycles. The summed E-state index contributed by atoms with van der Waals surface area (Å²) >= 11 is 1.51. The number of rotatable bonds is 10. The minimum Gasteiger partial charge on any atom is -0.309 e. The van der Waals surface area contributed by atoms with Crippen LogP contribution < -0.4 is 10.0 Å². The third kappa shape index (κ3) is 6.06. The standard InChI is InChI=1S/C15H26N2O2S2/c1-12(2)5-3-4-8-17-21(18,19)15-9-14(20-11-15)10-16-13-6-7-13/h9,11-13,16-17H,3-8,10H2,1-2H3. The third-order valence-electron chi connectivity index (χ3n) is 3.58. The van der Waals surface area contributed by atoms with Crippen molar-refractivity contribution in [3.05, 3.63) is 16.3 Å². The van der Waals surface area contributed by atoms with E-state index in [2.05, 4.69) is 23.9 Å². The van der Waals surface area contributed by atoms with Crippen molar-refractivity contribution in [2.45, 2.75) is 63.4 Å². The van der Waals surface area contributed by atoms with Crippen LogP contribution in [0.5, 0.6) is 0 Å². The van der Waals surface area contributed by atoms with Crippen LogP contribution in [0, 0.1) is 5.92 Å². The zero-order valence-corrected chi connectivity index (χ0v) is 14.5. The number of thiophene rings is 1. The summed E-state index contributed by atoms with van der Waals surface area (Å²) in [4.78, 5) is 1.49. The topological polar surface area (TPSA) is 58.2 Å². The van der Waals surface area contributed by atoms with Gasteiger partial charge in [0.1, 0.15) is 0 Å². The summed E-state index contributed by atoms with van der Waals surface area (Å²) in [6, 6.07) is 2.43. The van der Waals surface area contributed by atoms with Crippen molar-refractivity contribution in [3.8, 4) is 0 Å². The highest BCUT2D eigenvalue weighted by Gasteiger charge is 2.21. The van der Waals surface area contributed by atoms with Gasteiger partial charge in [0, 0.05) is 29.4 Å². The Morgan fingerprint density at radius 2 is 2.10 bits per heavy atom. The molecule has 0 saturated heterocycles. The number of nitrogens with one attached hydrogen (secondary N) is 2. The summed E-state index contributed by atoms with van der Waals surface area (Å²) in [7, 11) is -3.33. The Morgan fingerprint density at radius 3 is 2.76 bits per heavy atom. The van der Waals surface area contributed by atoms with Crippen LogP contribution in [0.3, 0.4) is 0 Å². The second-order valence-corrected chi connectivity index (χ2v) is 8.95. The second-order valence-electron chi connectivity index (χ2n) is 6.19. The fraction of sp³-hybridized carbons (Fsp3) is 0.733. The van der Waals surface area contributed by atoms with E-state index in [1.165, 1.54) is 24.2 Å². The molecule has 6 heteroatoms. The molecule has 0 radical (unpaired) electrons. The highest BCUT2D eigenvalue weighted by molar-refractivity contribution is 7.89. The van der Waals surface area contributed by atoms with Crippen LogP contribution in [-0.2, 0) is 16.6 Å². The molecule has 1 aliphatic carbocycles. The van der Waals surface area contributed by atoms with Crippen LogP contribution in [-0.4, -0.2) is 21.0 Å². The van der Waals surface area contributed by atoms with Gasteiger partial charge in [-0.3, -0.25) is 0 Å². The van der Waals surface area contributed by atoms with Crippen LogP contribution in [0.25, 0.3) is 0 Å². The lowest BCUT2D eigenvalue weighted by molar-refractivity contribution is 0.530. The predicted octanol–water partition coefficient (Wildman–Crippen LogP) is 3.10. The summed E-state index contributed by atoms with van der Waals surface area (Å²) in [6.07, 6.45) is 5.61. The Labute approximate surface area is 132 Å². The first-order valence-corrected chi connectivity index (χ1v) is 10.1. The third-order valence-corrected chi connectivity index (χ3v) is 6.11. The predicted molar refractivity (Wildman–Crippen MR) is 88.1 cm³/mol. The van der Waals surface area contributed by atoms with Gasteiger partial charge < -0.3 is 5.32 Å². The van der Waals surface area contributed by atoms with Gasteiger partial charge in [-0.1, -0.05) is 26.7 Å². The quantitative estimate of drug-likeness (QED) is 0.648. The molecule has 4 nitrogen and oxygen atoms in total. The van der Waals surface area contributed by atoms with E-state index in [1.807, 2.05) is 0 Å². The molecule has 2 rings (SSSR count). The van der Waals surface area contributed by atoms with Gasteiger partial charge in [0.2, 0.25) is 10.0 Å². The maximum Gasteiger partial charge on any atom is 0.241 e. The molecule has 0 spiro atoms. The summed E-state index contributed by atoms with van der Waals surface area (Å²) in [5.74, 6) is 0.681. The number of hydrogen-bond donors (Lipinski definition) is 2. The van der Waals surface area contributed by atoms with E-state index in [-0.39, 0.29) is 0 Å². The van der Waals surface area contributed by atoms with Crippen LogP contribution in [0.15, 0.2) is 16.3 Å². The molecule has 0 atom stereocenters. The Balaban J connectivity index is 1.75. The van der Waals surface area contributed by atoms with E-state index in [1.54, 1.807) is 11.4 Å². The minimum atomic E-state index is -3.33. The first-order valence-electron chi connectivity index (χ1n) is 7.78. The molecule has 1 aliphatic rings. The largest absolute Gasteiger partial charge is 0.309 e. The van der Waals surface area contributed by atoms with E-state index in [4.69, 9.17) is 0 Å². The molecule has 1 aromatic heterocycles. The summed E-state index contributed by atoms with van der Waals surface area (Å²) < 4.78 is 27.0. The number of unbranched alkanes of at least 4 members (excludes halogenated alkanes) is 1. The molecular formula is C15H26N2O2S2. The van der Waals surface area contributed by atoms with Gasteiger partial charge in [0.25, 0.3) is 0 Å². The van der Waals surface area contributed by atoms with Gasteiger partial charge in [-0.15, -0.1) is 11.3 Å². The summed E-state index contributed by atoms with van der Waals surface area (Å²) in [5, 5.41) is 5.14. The second kappa shape index (κ2) is 7.72. The molecule has 0 aliphatic heterocycles. The van der Waals surface area contributed by atoms with Gasteiger partial charge in [-0.25, -0.2) is 13.1 Å². The molecule has 0 unspecified atom stereocenters. The lowest BCUT2D eigenvalue weighted by Crippen LogP contribution is -2.24. The molecule has 1 fully saturated rings. The monoisotopic (exact) mass is 330 g/mol. The molecule has 21 heavy (non-hydrogen) atoms. The van der Waals surface area contributed by atoms with Gasteiger partial charge in [0.05, 0.1) is 4.90 Å². The molecular weight excluding hydrogens is 304 g/mol. The first-order chi connectivity index (χ1) is 9.97. The molecule has 120 valence electrons. The van der Waals surface area contributed by atoms with Crippen LogP contribution in [0.2, 0.25) is 0 Å². The first kappa shape index (κ1) is 16.9. The normalized spacial score (nSPS) is 15.8. The van der Waals surface area contributed by atoms with Gasteiger partial charge in [-0.2, -0.15) is 0 Å². The van der Waals surface area contributed by atoms with Crippen molar-refractivity contribution in [1.29, 1.82) is 0 Å². The van der Waals surface area contributed by atoms with E-state index < -0.39 is 10.0 Å². The van der Waals surface area contributed by atoms with Crippen molar-refractivity contribution in [3.63, 3.8) is 0 Å². The van der Waals surface area contributed by atoms with Crippen molar-refractivity contribution in [1.82, 2.24) is 10.0 Å². The average molecular weight is 331 g/mol. The van der Waals surface area contributed by atoms with Crippen LogP contribution in [0.1, 0.15) is 50.8 Å². The Kier molecular flexibility index (Phi) is 6.22. The van der Waals surface area contributed by atoms with E-state index in [0.717, 1.165) is 30.7 Å². The maximum absolute atomic E-state index is 12.2. The maximum atomic E-state index is 12.2. The molecule has 0 bridgehead atoms. The summed E-state index contributed by atoms with van der Waals surface area (Å²) in [6.45, 7) is 5.68. The van der Waals surface area contributed by atoms with E-state index in [0.29, 0.717) is 23.4 Å². The highest BCUT2D eigenvalue weighted by Crippen LogP contribution is 2.22. The Bertz CT molecular complexity index is 534. The Hall–Kier alpha value is -0.430. The minimum absolute atomic E-state index is 0.406. The van der Waals surface area contributed by atoms with E-state index >= 15 is 0 Å². The molecule has 1 saturated carbocycles. The molecule has 0 amide bonds. The Morgan fingerprint density at radius 1 is 1.33 bits per heavy atom. The lowest BCUT2D eigenvalue weighted by Gasteiger charge is -2.06. The van der Waals surface area contributed by atoms with E-state index in [9.17, 15) is 8.42 Å². The van der Waals surface area contributed by atoms with Crippen molar-refractivity contribution < 1.29 is 8.42 Å². The van der Waals surface area contributed by atoms with Crippen molar-refractivity contribution in [2.75, 3.05) is 6.54 Å². The van der Waals surface area contributed by atoms with Crippen LogP contribution >= 0.6 is 11.3 Å². The summed E-state index contributed by atoms with van der Waals surface area (Å²) in [5.41, 5.74) is 0. The fourth-order valence-corrected chi connectivity index (χ4v) is 4.39. The highest BCUT2D eigenvalue weighted by atomic mass is 32.2. The fourth-order valence-electron chi connectivity index (χ4n) is 2.09. The number of hydrogen-bond acceptors (Lipinski definition) is 4. The van der Waals surface area contributed by atoms with Crippen molar-refractivity contribution >= 4 is 21.4 Å². The number of sulfonamides is 1. The zero-order valence-electron chi connectivity index (χ0n) is 12.9. The molecule has 2 N–H and O–H groups in total. The molecule has 1 aromatic rings. The smallest absolute Gasteiger partial charge is 0.241 e. The average Bonchev–Trinajstić information content (AvgIpc) is 3.11. The zero-order chi connectivity index (χ0) is 15.3. The SMILES string of the molecule is CC(C)CCCCNS(=O)(=O)c1csc(CNC2CC2)c1. The van der Waals surface area contributed by atoms with Gasteiger partial charge in [-0.05, 0) is 31.2 Å². The van der Waals surface area contributed by atoms with Gasteiger partial charge in [0.15, 0.2) is 0 Å². The lowest BCUT2D eigenvalue weighted by atomic mass is 10.1.